The molecule has 1 saturated heterocycles. The number of amides is 2. The monoisotopic (exact) mass is 238 g/mol. The molecule has 0 spiro atoms. The number of nitrogens with zero attached hydrogens (tertiary/aromatic N) is 3. The van der Waals surface area contributed by atoms with Crippen molar-refractivity contribution in [1.82, 2.24) is 14.9 Å². The molecular weight excluding hydrogens is 224 g/mol. The van der Waals surface area contributed by atoms with Crippen LogP contribution >= 0.6 is 0 Å². The van der Waals surface area contributed by atoms with Gasteiger partial charge in [0.15, 0.2) is 0 Å². The smallest absolute Gasteiger partial charge is 0.323 e. The second-order valence-corrected chi connectivity index (χ2v) is 3.96. The molecule has 0 radical (unpaired) electrons. The number of aryl methyl sites for hydroxylation is 1. The first-order valence-electron chi connectivity index (χ1n) is 5.28. The highest BCUT2D eigenvalue weighted by Crippen LogP contribution is 2.12. The molecule has 7 heteroatoms. The predicted octanol–water partition coefficient (Wildman–Crippen LogP) is -0.646. The fraction of sp³-hybridized carbons (Fsp3) is 0.500. The van der Waals surface area contributed by atoms with Crippen LogP contribution in [0.3, 0.4) is 0 Å². The molecule has 0 saturated carbocycles. The van der Waals surface area contributed by atoms with E-state index in [1.807, 2.05) is 0 Å². The second-order valence-electron chi connectivity index (χ2n) is 3.96. The Hall–Kier alpha value is -1.73. The number of hydrogen-bond donors (Lipinski definition) is 3. The van der Waals surface area contributed by atoms with E-state index in [9.17, 15) is 15.0 Å². The van der Waals surface area contributed by atoms with E-state index in [-0.39, 0.29) is 13.1 Å². The van der Waals surface area contributed by atoms with Gasteiger partial charge in [-0.15, -0.1) is 0 Å². The molecule has 92 valence electrons. The summed E-state index contributed by atoms with van der Waals surface area (Å²) in [7, 11) is 0. The van der Waals surface area contributed by atoms with Crippen LogP contribution < -0.4 is 5.32 Å². The minimum absolute atomic E-state index is 0.122. The number of likely N-dealkylation sites (tertiary alicyclic amines) is 1. The second kappa shape index (κ2) is 4.64. The summed E-state index contributed by atoms with van der Waals surface area (Å²) in [4.78, 5) is 21.0. The Morgan fingerprint density at radius 3 is 2.71 bits per heavy atom. The number of carbonyl (C=O) groups excluding carboxylic acids is 1. The zero-order valence-electron chi connectivity index (χ0n) is 9.37. The van der Waals surface area contributed by atoms with Crippen molar-refractivity contribution in [2.45, 2.75) is 19.1 Å². The number of nitrogens with one attached hydrogen (secondary N) is 1. The van der Waals surface area contributed by atoms with Gasteiger partial charge in [0.05, 0.1) is 25.3 Å². The van der Waals surface area contributed by atoms with Crippen LogP contribution in [0.25, 0.3) is 0 Å². The van der Waals surface area contributed by atoms with E-state index in [1.165, 1.54) is 4.90 Å². The Bertz CT molecular complexity index is 416. The minimum Gasteiger partial charge on any atom is -0.388 e. The number of hydrogen-bond acceptors (Lipinski definition) is 5. The maximum atomic E-state index is 11.7. The van der Waals surface area contributed by atoms with Crippen molar-refractivity contribution in [2.75, 3.05) is 18.4 Å². The SMILES string of the molecule is Cc1nccc(NC(=O)N2CC(O)C(O)C2)n1. The van der Waals surface area contributed by atoms with Crippen LogP contribution in [0.2, 0.25) is 0 Å². The summed E-state index contributed by atoms with van der Waals surface area (Å²) in [6, 6.07) is 1.19. The molecule has 1 fully saturated rings. The van der Waals surface area contributed by atoms with Gasteiger partial charge in [-0.2, -0.15) is 0 Å². The van der Waals surface area contributed by atoms with Crippen molar-refractivity contribution in [2.24, 2.45) is 0 Å². The van der Waals surface area contributed by atoms with Gasteiger partial charge in [-0.1, -0.05) is 0 Å². The summed E-state index contributed by atoms with van der Waals surface area (Å²) >= 11 is 0. The van der Waals surface area contributed by atoms with E-state index in [0.717, 1.165) is 0 Å². The standard InChI is InChI=1S/C10H14N4O3/c1-6-11-3-2-9(12-6)13-10(17)14-4-7(15)8(16)5-14/h2-3,7-8,15-16H,4-5H2,1H3,(H,11,12,13,17). The first-order valence-corrected chi connectivity index (χ1v) is 5.28. The normalized spacial score (nSPS) is 23.8. The van der Waals surface area contributed by atoms with Gasteiger partial charge in [-0.05, 0) is 13.0 Å². The molecule has 2 rings (SSSR count). The molecule has 17 heavy (non-hydrogen) atoms. The molecule has 0 aliphatic carbocycles. The van der Waals surface area contributed by atoms with Gasteiger partial charge >= 0.3 is 6.03 Å². The molecule has 0 aromatic carbocycles. The van der Waals surface area contributed by atoms with Crippen molar-refractivity contribution in [3.05, 3.63) is 18.1 Å². The van der Waals surface area contributed by atoms with Gasteiger partial charge < -0.3 is 15.1 Å². The van der Waals surface area contributed by atoms with Crippen LogP contribution in [0.15, 0.2) is 12.3 Å². The van der Waals surface area contributed by atoms with Crippen molar-refractivity contribution < 1.29 is 15.0 Å². The highest BCUT2D eigenvalue weighted by atomic mass is 16.3. The Morgan fingerprint density at radius 1 is 1.47 bits per heavy atom. The number of rotatable bonds is 1. The summed E-state index contributed by atoms with van der Waals surface area (Å²) in [6.07, 6.45) is -0.216. The maximum absolute atomic E-state index is 11.7. The van der Waals surface area contributed by atoms with Gasteiger partial charge in [0.25, 0.3) is 0 Å². The topological polar surface area (TPSA) is 98.6 Å². The molecule has 1 aliphatic rings. The third-order valence-corrected chi connectivity index (χ3v) is 2.56. The van der Waals surface area contributed by atoms with E-state index in [1.54, 1.807) is 19.2 Å². The molecular formula is C10H14N4O3. The molecule has 2 amide bonds. The average Bonchev–Trinajstić information content (AvgIpc) is 2.59. The Labute approximate surface area is 98.1 Å². The largest absolute Gasteiger partial charge is 0.388 e. The number of β-amino-alcohol motifs (C(OH)–C–C–N with tert-alkyl or cyclic N) is 2. The molecule has 3 N–H and O–H groups in total. The Morgan fingerprint density at radius 2 is 2.12 bits per heavy atom. The summed E-state index contributed by atoms with van der Waals surface area (Å²) in [5.41, 5.74) is 0. The minimum atomic E-state index is -0.882. The van der Waals surface area contributed by atoms with Crippen LogP contribution in [-0.4, -0.2) is 56.4 Å². The van der Waals surface area contributed by atoms with Gasteiger partial charge in [-0.3, -0.25) is 5.32 Å². The summed E-state index contributed by atoms with van der Waals surface area (Å²) in [6.45, 7) is 1.97. The van der Waals surface area contributed by atoms with E-state index >= 15 is 0 Å². The van der Waals surface area contributed by atoms with Crippen LogP contribution in [0.5, 0.6) is 0 Å². The molecule has 1 aromatic rings. The number of aromatic nitrogens is 2. The highest BCUT2D eigenvalue weighted by Gasteiger charge is 2.32. The summed E-state index contributed by atoms with van der Waals surface area (Å²) in [5.74, 6) is 0.961. The summed E-state index contributed by atoms with van der Waals surface area (Å²) in [5, 5.41) is 21.2. The zero-order valence-corrected chi connectivity index (χ0v) is 9.37. The fourth-order valence-electron chi connectivity index (χ4n) is 1.65. The Kier molecular flexibility index (Phi) is 3.21. The fourth-order valence-corrected chi connectivity index (χ4v) is 1.65. The lowest BCUT2D eigenvalue weighted by molar-refractivity contribution is 0.0572. The van der Waals surface area contributed by atoms with E-state index < -0.39 is 18.2 Å². The predicted molar refractivity (Wildman–Crippen MR) is 59.4 cm³/mol. The highest BCUT2D eigenvalue weighted by molar-refractivity contribution is 5.88. The Balaban J connectivity index is 1.98. The first kappa shape index (κ1) is 11.7. The molecule has 2 atom stereocenters. The first-order chi connectivity index (χ1) is 8.06. The summed E-state index contributed by atoms with van der Waals surface area (Å²) < 4.78 is 0. The van der Waals surface area contributed by atoms with Crippen LogP contribution in [0.1, 0.15) is 5.82 Å². The van der Waals surface area contributed by atoms with Crippen LogP contribution in [0, 0.1) is 6.92 Å². The lowest BCUT2D eigenvalue weighted by atomic mass is 10.3. The third kappa shape index (κ3) is 2.69. The molecule has 1 aromatic heterocycles. The third-order valence-electron chi connectivity index (χ3n) is 2.56. The van der Waals surface area contributed by atoms with Crippen molar-refractivity contribution in [3.8, 4) is 0 Å². The van der Waals surface area contributed by atoms with Crippen LogP contribution in [-0.2, 0) is 0 Å². The maximum Gasteiger partial charge on any atom is 0.323 e. The quantitative estimate of drug-likeness (QED) is 0.604. The van der Waals surface area contributed by atoms with Crippen molar-refractivity contribution in [3.63, 3.8) is 0 Å². The number of anilines is 1. The van der Waals surface area contributed by atoms with E-state index in [0.29, 0.717) is 11.6 Å². The number of aliphatic hydroxyl groups excluding tert-OH is 2. The van der Waals surface area contributed by atoms with Gasteiger partial charge in [0, 0.05) is 6.20 Å². The zero-order chi connectivity index (χ0) is 12.4. The molecule has 1 aliphatic heterocycles. The molecule has 0 bridgehead atoms. The van der Waals surface area contributed by atoms with Crippen molar-refractivity contribution in [1.29, 1.82) is 0 Å². The molecule has 2 unspecified atom stereocenters. The lowest BCUT2D eigenvalue weighted by Crippen LogP contribution is -2.34. The van der Waals surface area contributed by atoms with Gasteiger partial charge in [0.2, 0.25) is 0 Å². The van der Waals surface area contributed by atoms with E-state index in [2.05, 4.69) is 15.3 Å². The van der Waals surface area contributed by atoms with E-state index in [4.69, 9.17) is 0 Å². The molecule has 2 heterocycles. The number of urea groups is 1. The molecule has 7 nitrogen and oxygen atoms in total. The van der Waals surface area contributed by atoms with Crippen molar-refractivity contribution >= 4 is 11.8 Å². The average molecular weight is 238 g/mol. The lowest BCUT2D eigenvalue weighted by Gasteiger charge is -2.15. The number of carbonyl (C=O) groups is 1. The van der Waals surface area contributed by atoms with Gasteiger partial charge in [-0.25, -0.2) is 14.8 Å². The van der Waals surface area contributed by atoms with Crippen LogP contribution in [0.4, 0.5) is 10.6 Å². The number of aliphatic hydroxyl groups is 2. The van der Waals surface area contributed by atoms with Gasteiger partial charge in [0.1, 0.15) is 11.6 Å².